The molecule has 3 heterocycles. The van der Waals surface area contributed by atoms with E-state index in [1.165, 1.54) is 0 Å². The molecule has 1 N–H and O–H groups in total. The largest absolute Gasteiger partial charge is 0.454 e. The highest BCUT2D eigenvalue weighted by molar-refractivity contribution is 5.94. The summed E-state index contributed by atoms with van der Waals surface area (Å²) in [6.45, 7) is 0.868. The average molecular weight is 417 g/mol. The number of ether oxygens (including phenoxy) is 2. The highest BCUT2D eigenvalue weighted by atomic mass is 16.7. The minimum Gasteiger partial charge on any atom is -0.454 e. The number of nitrogens with one attached hydrogen (secondary N) is 1. The third-order valence-corrected chi connectivity index (χ3v) is 5.52. The van der Waals surface area contributed by atoms with Gasteiger partial charge in [-0.1, -0.05) is 5.16 Å². The van der Waals surface area contributed by atoms with Crippen LogP contribution in [0.2, 0.25) is 0 Å². The summed E-state index contributed by atoms with van der Waals surface area (Å²) < 4.78 is 16.3. The normalized spacial score (nSPS) is 19.9. The summed E-state index contributed by atoms with van der Waals surface area (Å²) in [4.78, 5) is 19.2. The van der Waals surface area contributed by atoms with Crippen LogP contribution in [0.1, 0.15) is 34.3 Å². The molecule has 2 aromatic carbocycles. The Balaban J connectivity index is 1.26. The van der Waals surface area contributed by atoms with Gasteiger partial charge in [-0.25, -0.2) is 0 Å². The quantitative estimate of drug-likeness (QED) is 0.689. The first kappa shape index (κ1) is 19.1. The standard InChI is InChI=1S/C22H19N5O4/c1-27-11-16(24-21(28)14-4-2-13(10-23)3-5-14)9-17(27)22-25-20(26-31-22)15-6-7-18-19(8-15)30-12-29-18/h2-8,16-17H,9,11-12H2,1H3,(H,24,28)/t16-,17-/m0/s1. The maximum absolute atomic E-state index is 12.5. The predicted molar refractivity (Wildman–Crippen MR) is 108 cm³/mol. The van der Waals surface area contributed by atoms with Gasteiger partial charge in [0.05, 0.1) is 17.7 Å². The first-order valence-electron chi connectivity index (χ1n) is 9.85. The predicted octanol–water partition coefficient (Wildman–Crippen LogP) is 2.51. The van der Waals surface area contributed by atoms with Gasteiger partial charge >= 0.3 is 0 Å². The number of carbonyl (C=O) groups excluding carboxylic acids is 1. The van der Waals surface area contributed by atoms with Crippen molar-refractivity contribution in [3.8, 4) is 29.0 Å². The van der Waals surface area contributed by atoms with Crippen molar-refractivity contribution in [2.75, 3.05) is 20.4 Å². The van der Waals surface area contributed by atoms with Crippen molar-refractivity contribution in [3.63, 3.8) is 0 Å². The molecule has 2 atom stereocenters. The lowest BCUT2D eigenvalue weighted by atomic mass is 10.1. The molecule has 0 bridgehead atoms. The Labute approximate surface area is 178 Å². The molecule has 9 heteroatoms. The monoisotopic (exact) mass is 417 g/mol. The van der Waals surface area contributed by atoms with Gasteiger partial charge in [-0.2, -0.15) is 10.2 Å². The summed E-state index contributed by atoms with van der Waals surface area (Å²) in [6.07, 6.45) is 0.654. The SMILES string of the molecule is CN1C[C@@H](NC(=O)c2ccc(C#N)cc2)C[C@H]1c1nc(-c2ccc3c(c2)OCO3)no1. The number of hydrogen-bond donors (Lipinski definition) is 1. The van der Waals surface area contributed by atoms with Gasteiger partial charge in [0.2, 0.25) is 18.5 Å². The van der Waals surface area contributed by atoms with Crippen molar-refractivity contribution in [2.24, 2.45) is 0 Å². The Morgan fingerprint density at radius 1 is 1.19 bits per heavy atom. The molecule has 1 fully saturated rings. The third-order valence-electron chi connectivity index (χ3n) is 5.52. The molecule has 2 aliphatic heterocycles. The summed E-state index contributed by atoms with van der Waals surface area (Å²) in [5.41, 5.74) is 1.82. The number of aromatic nitrogens is 2. The summed E-state index contributed by atoms with van der Waals surface area (Å²) in [5.74, 6) is 2.17. The van der Waals surface area contributed by atoms with Crippen LogP contribution >= 0.6 is 0 Å². The summed E-state index contributed by atoms with van der Waals surface area (Å²) in [5, 5.41) is 16.1. The van der Waals surface area contributed by atoms with Crippen LogP contribution in [0, 0.1) is 11.3 Å². The molecule has 0 spiro atoms. The first-order chi connectivity index (χ1) is 15.1. The fourth-order valence-corrected chi connectivity index (χ4v) is 3.88. The number of hydrogen-bond acceptors (Lipinski definition) is 8. The summed E-state index contributed by atoms with van der Waals surface area (Å²) >= 11 is 0. The number of amides is 1. The molecule has 0 saturated carbocycles. The van der Waals surface area contributed by atoms with E-state index in [0.29, 0.717) is 47.3 Å². The molecule has 0 radical (unpaired) electrons. The second-order valence-electron chi connectivity index (χ2n) is 7.57. The van der Waals surface area contributed by atoms with Gasteiger partial charge in [0.25, 0.3) is 5.91 Å². The van der Waals surface area contributed by atoms with Crippen LogP contribution in [0.15, 0.2) is 47.0 Å². The van der Waals surface area contributed by atoms with Crippen molar-refractivity contribution >= 4 is 5.91 Å². The Bertz CT molecular complexity index is 1170. The zero-order valence-electron chi connectivity index (χ0n) is 16.7. The average Bonchev–Trinajstić information content (AvgIpc) is 3.52. The molecule has 156 valence electrons. The van der Waals surface area contributed by atoms with Crippen LogP contribution in [-0.4, -0.2) is 47.4 Å². The lowest BCUT2D eigenvalue weighted by molar-refractivity contribution is 0.0938. The minimum atomic E-state index is -0.171. The molecular weight excluding hydrogens is 398 g/mol. The second kappa shape index (κ2) is 7.74. The van der Waals surface area contributed by atoms with Gasteiger partial charge in [-0.3, -0.25) is 9.69 Å². The van der Waals surface area contributed by atoms with E-state index in [4.69, 9.17) is 19.3 Å². The topological polar surface area (TPSA) is 114 Å². The zero-order chi connectivity index (χ0) is 21.4. The Hall–Kier alpha value is -3.90. The maximum Gasteiger partial charge on any atom is 0.251 e. The van der Waals surface area contributed by atoms with E-state index in [1.54, 1.807) is 24.3 Å². The fraction of sp³-hybridized carbons (Fsp3) is 0.273. The van der Waals surface area contributed by atoms with Crippen molar-refractivity contribution in [1.82, 2.24) is 20.4 Å². The highest BCUT2D eigenvalue weighted by Crippen LogP contribution is 2.36. The van der Waals surface area contributed by atoms with Crippen LogP contribution in [0.25, 0.3) is 11.4 Å². The van der Waals surface area contributed by atoms with Gasteiger partial charge in [-0.15, -0.1) is 0 Å². The van der Waals surface area contributed by atoms with Crippen molar-refractivity contribution in [3.05, 3.63) is 59.5 Å². The minimum absolute atomic E-state index is 0.0564. The van der Waals surface area contributed by atoms with Crippen LogP contribution < -0.4 is 14.8 Å². The number of fused-ring (bicyclic) bond motifs is 1. The molecule has 9 nitrogen and oxygen atoms in total. The van der Waals surface area contributed by atoms with Crippen LogP contribution in [0.3, 0.4) is 0 Å². The van der Waals surface area contributed by atoms with E-state index in [2.05, 4.69) is 20.4 Å². The van der Waals surface area contributed by atoms with E-state index < -0.39 is 0 Å². The summed E-state index contributed by atoms with van der Waals surface area (Å²) in [6, 6.07) is 14.0. The molecular formula is C22H19N5O4. The fourth-order valence-electron chi connectivity index (χ4n) is 3.88. The van der Waals surface area contributed by atoms with Crippen molar-refractivity contribution in [2.45, 2.75) is 18.5 Å². The molecule has 3 aromatic rings. The molecule has 0 aliphatic carbocycles. The third kappa shape index (κ3) is 3.69. The number of likely N-dealkylation sites (N-methyl/N-ethyl adjacent to an activating group) is 1. The molecule has 31 heavy (non-hydrogen) atoms. The van der Waals surface area contributed by atoms with Gasteiger partial charge in [0, 0.05) is 23.7 Å². The molecule has 1 amide bonds. The molecule has 1 saturated heterocycles. The molecule has 1 aromatic heterocycles. The van der Waals surface area contributed by atoms with Crippen molar-refractivity contribution in [1.29, 1.82) is 5.26 Å². The second-order valence-corrected chi connectivity index (χ2v) is 7.57. The molecule has 2 aliphatic rings. The van der Waals surface area contributed by atoms with Crippen LogP contribution in [0.5, 0.6) is 11.5 Å². The number of nitriles is 1. The number of carbonyl (C=O) groups is 1. The smallest absolute Gasteiger partial charge is 0.251 e. The van der Waals surface area contributed by atoms with Gasteiger partial charge in [0.1, 0.15) is 0 Å². The maximum atomic E-state index is 12.5. The lowest BCUT2D eigenvalue weighted by Crippen LogP contribution is -2.36. The lowest BCUT2D eigenvalue weighted by Gasteiger charge is -2.14. The Kier molecular flexibility index (Phi) is 4.76. The Morgan fingerprint density at radius 2 is 2.00 bits per heavy atom. The zero-order valence-corrected chi connectivity index (χ0v) is 16.7. The van der Waals surface area contributed by atoms with Crippen LogP contribution in [0.4, 0.5) is 0 Å². The number of rotatable bonds is 4. The van der Waals surface area contributed by atoms with E-state index >= 15 is 0 Å². The number of nitrogens with zero attached hydrogens (tertiary/aromatic N) is 4. The van der Waals surface area contributed by atoms with Gasteiger partial charge in [-0.05, 0) is 55.9 Å². The van der Waals surface area contributed by atoms with Crippen molar-refractivity contribution < 1.29 is 18.8 Å². The number of benzene rings is 2. The first-order valence-corrected chi connectivity index (χ1v) is 9.85. The molecule has 0 unspecified atom stereocenters. The van der Waals surface area contributed by atoms with E-state index in [1.807, 2.05) is 31.3 Å². The summed E-state index contributed by atoms with van der Waals surface area (Å²) in [7, 11) is 1.96. The van der Waals surface area contributed by atoms with Crippen LogP contribution in [-0.2, 0) is 0 Å². The van der Waals surface area contributed by atoms with Gasteiger partial charge < -0.3 is 19.3 Å². The van der Waals surface area contributed by atoms with Gasteiger partial charge in [0.15, 0.2) is 11.5 Å². The van der Waals surface area contributed by atoms with E-state index in [9.17, 15) is 4.79 Å². The van der Waals surface area contributed by atoms with E-state index in [0.717, 1.165) is 5.56 Å². The van der Waals surface area contributed by atoms with E-state index in [-0.39, 0.29) is 24.8 Å². The number of likely N-dealkylation sites (tertiary alicyclic amines) is 1. The molecule has 5 rings (SSSR count). The Morgan fingerprint density at radius 3 is 2.81 bits per heavy atom. The highest BCUT2D eigenvalue weighted by Gasteiger charge is 2.35.